The van der Waals surface area contributed by atoms with E-state index in [1.54, 1.807) is 0 Å². The summed E-state index contributed by atoms with van der Waals surface area (Å²) in [4.78, 5) is 9.97. The van der Waals surface area contributed by atoms with Crippen LogP contribution in [-0.4, -0.2) is 36.2 Å². The third-order valence-corrected chi connectivity index (χ3v) is 9.49. The zero-order chi connectivity index (χ0) is 43.5. The summed E-state index contributed by atoms with van der Waals surface area (Å²) >= 11 is 0. The Kier molecular flexibility index (Phi) is 20.3. The van der Waals surface area contributed by atoms with Gasteiger partial charge in [0.1, 0.15) is 0 Å². The first kappa shape index (κ1) is 46.4. The van der Waals surface area contributed by atoms with E-state index in [9.17, 15) is 0 Å². The van der Waals surface area contributed by atoms with E-state index in [4.69, 9.17) is 15.8 Å². The molecular formula is C55H58N6. The van der Waals surface area contributed by atoms with Crippen LogP contribution in [0.5, 0.6) is 0 Å². The largest absolute Gasteiger partial charge is 0.321 e. The minimum absolute atomic E-state index is 0.368. The summed E-state index contributed by atoms with van der Waals surface area (Å²) in [6.07, 6.45) is 29.0. The smallest absolute Gasteiger partial charge is 0.178 e. The van der Waals surface area contributed by atoms with Gasteiger partial charge in [0, 0.05) is 30.7 Å². The molecule has 6 nitrogen and oxygen atoms in total. The molecule has 0 aliphatic heterocycles. The summed E-state index contributed by atoms with van der Waals surface area (Å²) in [6.45, 7) is 18.6. The molecule has 0 radical (unpaired) electrons. The molecule has 0 aliphatic rings. The van der Waals surface area contributed by atoms with Crippen LogP contribution >= 0.6 is 0 Å². The zero-order valence-corrected chi connectivity index (χ0v) is 35.9. The molecule has 0 spiro atoms. The predicted octanol–water partition coefficient (Wildman–Crippen LogP) is 13.0. The van der Waals surface area contributed by atoms with Crippen molar-refractivity contribution in [2.75, 3.05) is 6.54 Å². The monoisotopic (exact) mass is 802 g/mol. The van der Waals surface area contributed by atoms with Crippen LogP contribution < -0.4 is 5.84 Å². The Morgan fingerprint density at radius 3 is 1.80 bits per heavy atom. The summed E-state index contributed by atoms with van der Waals surface area (Å²) in [5.41, 5.74) is 11.8. The van der Waals surface area contributed by atoms with Crippen molar-refractivity contribution in [1.29, 1.82) is 0 Å². The van der Waals surface area contributed by atoms with Gasteiger partial charge in [-0.25, -0.2) is 4.99 Å². The number of hydrogen-bond donors (Lipinski definition) is 1. The lowest BCUT2D eigenvalue weighted by Gasteiger charge is -2.13. The van der Waals surface area contributed by atoms with Crippen molar-refractivity contribution in [3.05, 3.63) is 240 Å². The molecule has 0 amide bonds. The second-order valence-electron chi connectivity index (χ2n) is 13.9. The Balaban J connectivity index is 1.52. The van der Waals surface area contributed by atoms with Crippen molar-refractivity contribution in [2.45, 2.75) is 46.5 Å². The maximum Gasteiger partial charge on any atom is 0.178 e. The van der Waals surface area contributed by atoms with Crippen LogP contribution in [0.3, 0.4) is 0 Å². The normalized spacial score (nSPS) is 13.5. The molecule has 0 fully saturated rings. The van der Waals surface area contributed by atoms with Crippen molar-refractivity contribution < 1.29 is 0 Å². The summed E-state index contributed by atoms with van der Waals surface area (Å²) < 4.78 is 0. The minimum atomic E-state index is 0.368. The number of hydrogen-bond acceptors (Lipinski definition) is 5. The molecule has 0 atom stereocenters. The summed E-state index contributed by atoms with van der Waals surface area (Å²) in [5.74, 6) is 6.28. The van der Waals surface area contributed by atoms with Crippen molar-refractivity contribution >= 4 is 29.7 Å². The molecule has 0 aromatic heterocycles. The first-order chi connectivity index (χ1) is 29.9. The Morgan fingerprint density at radius 1 is 0.639 bits per heavy atom. The van der Waals surface area contributed by atoms with Gasteiger partial charge in [-0.2, -0.15) is 15.3 Å². The summed E-state index contributed by atoms with van der Waals surface area (Å²) in [7, 11) is 0. The molecule has 4 rings (SSSR count). The summed E-state index contributed by atoms with van der Waals surface area (Å²) in [6, 6.07) is 37.2. The number of aliphatic imine (C=N–C) groups is 2. The van der Waals surface area contributed by atoms with Gasteiger partial charge in [-0.05, 0) is 72.6 Å². The number of rotatable bonds is 21. The highest BCUT2D eigenvalue weighted by molar-refractivity contribution is 6.48. The first-order valence-corrected chi connectivity index (χ1v) is 20.5. The standard InChI is InChI=1S/C55H58N6/c1-7-10-12-20-40-52(61-57-6)54(49-34-18-14-19-35-49)58-42-45(9-3)29-26-37-47-31-22-24-39-51(47)50-38-23-21-30-46(50)36-25-28-44(5)55(60-56)59-53(48-32-16-13-17-33-48)41-43(4)27-15-11-8-2/h7-35,38-39H,4-6,36-37,40-42,56H2,1-3H3/b10-7-,11-8-,20-12-,27-15-,28-25-,29-26-,45-9+,58-54?,59-53?,60-55-,61-52-. The quantitative estimate of drug-likeness (QED) is 0.0294. The molecule has 6 heteroatoms. The second-order valence-corrected chi connectivity index (χ2v) is 13.9. The number of amidine groups is 1. The van der Waals surface area contributed by atoms with E-state index in [0.717, 1.165) is 45.8 Å². The molecule has 0 saturated heterocycles. The topological polar surface area (TPSA) is 87.8 Å². The van der Waals surface area contributed by atoms with Crippen LogP contribution in [0.25, 0.3) is 11.1 Å². The first-order valence-electron chi connectivity index (χ1n) is 20.5. The van der Waals surface area contributed by atoms with Crippen LogP contribution in [0, 0.1) is 0 Å². The van der Waals surface area contributed by atoms with Crippen LogP contribution in [0.1, 0.15) is 55.9 Å². The van der Waals surface area contributed by atoms with Gasteiger partial charge in [0.15, 0.2) is 5.84 Å². The lowest BCUT2D eigenvalue weighted by atomic mass is 9.92. The van der Waals surface area contributed by atoms with Crippen LogP contribution in [0.4, 0.5) is 0 Å². The van der Waals surface area contributed by atoms with Gasteiger partial charge in [0.25, 0.3) is 0 Å². The van der Waals surface area contributed by atoms with Gasteiger partial charge >= 0.3 is 0 Å². The number of benzene rings is 4. The number of nitrogens with two attached hydrogens (primary N) is 1. The molecular weight excluding hydrogens is 745 g/mol. The van der Waals surface area contributed by atoms with Gasteiger partial charge < -0.3 is 5.84 Å². The van der Waals surface area contributed by atoms with E-state index >= 15 is 0 Å². The second kappa shape index (κ2) is 26.6. The Bertz CT molecular complexity index is 2410. The maximum absolute atomic E-state index is 5.91. The molecule has 61 heavy (non-hydrogen) atoms. The van der Waals surface area contributed by atoms with Crippen LogP contribution in [-0.2, 0) is 12.8 Å². The maximum atomic E-state index is 5.91. The lowest BCUT2D eigenvalue weighted by Crippen LogP contribution is -2.16. The Hall–Kier alpha value is -7.31. The molecule has 2 N–H and O–H groups in total. The molecule has 4 aromatic carbocycles. The number of nitrogens with zero attached hydrogens (tertiary/aromatic N) is 5. The zero-order valence-electron chi connectivity index (χ0n) is 35.9. The number of allylic oxidation sites excluding steroid dienone is 12. The highest BCUT2D eigenvalue weighted by Gasteiger charge is 2.13. The summed E-state index contributed by atoms with van der Waals surface area (Å²) in [5, 5.41) is 12.3. The fourth-order valence-corrected chi connectivity index (χ4v) is 6.38. The fraction of sp³-hybridized carbons (Fsp3) is 0.145. The molecule has 0 aliphatic carbocycles. The Labute approximate surface area is 363 Å². The Morgan fingerprint density at radius 2 is 1.21 bits per heavy atom. The van der Waals surface area contributed by atoms with Gasteiger partial charge in [-0.3, -0.25) is 4.99 Å². The molecule has 308 valence electrons. The molecule has 0 saturated carbocycles. The van der Waals surface area contributed by atoms with Gasteiger partial charge in [-0.1, -0.05) is 201 Å². The molecule has 4 aromatic rings. The molecule has 0 bridgehead atoms. The van der Waals surface area contributed by atoms with Crippen molar-refractivity contribution in [2.24, 2.45) is 31.1 Å². The van der Waals surface area contributed by atoms with Crippen LogP contribution in [0.2, 0.25) is 0 Å². The van der Waals surface area contributed by atoms with Crippen molar-refractivity contribution in [3.8, 4) is 11.1 Å². The average Bonchev–Trinajstić information content (AvgIpc) is 3.29. The number of hydrazone groups is 1. The van der Waals surface area contributed by atoms with E-state index in [-0.39, 0.29) is 0 Å². The molecule has 0 heterocycles. The lowest BCUT2D eigenvalue weighted by molar-refractivity contribution is 1.16. The van der Waals surface area contributed by atoms with E-state index < -0.39 is 0 Å². The highest BCUT2D eigenvalue weighted by atomic mass is 15.2. The van der Waals surface area contributed by atoms with Gasteiger partial charge in [-0.15, -0.1) is 0 Å². The molecule has 0 unspecified atom stereocenters. The van der Waals surface area contributed by atoms with E-state index in [1.807, 2.05) is 130 Å². The van der Waals surface area contributed by atoms with Crippen molar-refractivity contribution in [1.82, 2.24) is 0 Å². The third-order valence-electron chi connectivity index (χ3n) is 9.49. The fourth-order valence-electron chi connectivity index (χ4n) is 6.38. The SMILES string of the molecule is C=N/N=C(/C/C=C\C=C/C)C(=NCC(/C=C\Cc1ccccc1-c1ccccc1C/C=C\C(=C)/C(N=C(CC(=C)/C=C\C=C/C)c1ccccc1)=N/N)=C/C)c1ccccc1. The van der Waals surface area contributed by atoms with E-state index in [0.29, 0.717) is 37.2 Å². The highest BCUT2D eigenvalue weighted by Crippen LogP contribution is 2.29. The van der Waals surface area contributed by atoms with Crippen molar-refractivity contribution in [3.63, 3.8) is 0 Å². The van der Waals surface area contributed by atoms with Gasteiger partial charge in [0.05, 0.1) is 23.7 Å². The average molecular weight is 803 g/mol. The van der Waals surface area contributed by atoms with E-state index in [2.05, 4.69) is 114 Å². The van der Waals surface area contributed by atoms with Crippen LogP contribution in [0.15, 0.2) is 243 Å². The third kappa shape index (κ3) is 15.4. The minimum Gasteiger partial charge on any atom is -0.321 e. The van der Waals surface area contributed by atoms with Gasteiger partial charge in [0.2, 0.25) is 0 Å². The predicted molar refractivity (Wildman–Crippen MR) is 266 cm³/mol. The van der Waals surface area contributed by atoms with E-state index in [1.165, 1.54) is 22.3 Å².